The van der Waals surface area contributed by atoms with Crippen molar-refractivity contribution in [2.75, 3.05) is 13.1 Å². The number of aromatic hydroxyl groups is 1. The van der Waals surface area contributed by atoms with Gasteiger partial charge in [0.05, 0.1) is 0 Å². The highest BCUT2D eigenvalue weighted by Crippen LogP contribution is 2.33. The molecule has 1 saturated heterocycles. The van der Waals surface area contributed by atoms with Crippen molar-refractivity contribution in [2.24, 2.45) is 5.92 Å². The Labute approximate surface area is 110 Å². The molecule has 1 atom stereocenters. The van der Waals surface area contributed by atoms with Gasteiger partial charge in [-0.15, -0.1) is 0 Å². The van der Waals surface area contributed by atoms with E-state index in [0.717, 1.165) is 30.6 Å². The molecule has 1 fully saturated rings. The van der Waals surface area contributed by atoms with Crippen LogP contribution in [0.2, 0.25) is 0 Å². The van der Waals surface area contributed by atoms with Gasteiger partial charge >= 0.3 is 0 Å². The third kappa shape index (κ3) is 2.86. The normalized spacial score (nSPS) is 20.3. The molecule has 0 saturated carbocycles. The van der Waals surface area contributed by atoms with Gasteiger partial charge in [0.15, 0.2) is 0 Å². The minimum absolute atomic E-state index is 0.383. The summed E-state index contributed by atoms with van der Waals surface area (Å²) in [6.07, 6.45) is 3.54. The largest absolute Gasteiger partial charge is 0.507 e. The van der Waals surface area contributed by atoms with Crippen LogP contribution in [-0.2, 0) is 6.42 Å². The molecule has 1 heterocycles. The topological polar surface area (TPSA) is 32.3 Å². The smallest absolute Gasteiger partial charge is 0.122 e. The fraction of sp³-hybridized carbons (Fsp3) is 0.625. The molecule has 0 aliphatic carbocycles. The second-order valence-electron chi connectivity index (χ2n) is 5.87. The van der Waals surface area contributed by atoms with Crippen LogP contribution in [0, 0.1) is 12.8 Å². The van der Waals surface area contributed by atoms with Gasteiger partial charge < -0.3 is 10.4 Å². The standard InChI is InChI=1S/C16H25NO/c1-11(2)14-7-6-12(3)15(16(14)18)9-13-5-4-8-17-10-13/h6-7,11,13,17-18H,4-5,8-10H2,1-3H3. The monoisotopic (exact) mass is 247 g/mol. The average Bonchev–Trinajstić information content (AvgIpc) is 2.35. The van der Waals surface area contributed by atoms with Gasteiger partial charge in [-0.2, -0.15) is 0 Å². The number of piperidine rings is 1. The van der Waals surface area contributed by atoms with Crippen molar-refractivity contribution in [3.8, 4) is 5.75 Å². The highest BCUT2D eigenvalue weighted by Gasteiger charge is 2.19. The molecule has 0 spiro atoms. The molecule has 1 aliphatic heterocycles. The van der Waals surface area contributed by atoms with Crippen LogP contribution in [0.15, 0.2) is 12.1 Å². The predicted octanol–water partition coefficient (Wildman–Crippen LogP) is 3.37. The molecule has 2 rings (SSSR count). The van der Waals surface area contributed by atoms with Gasteiger partial charge in [0.2, 0.25) is 0 Å². The van der Waals surface area contributed by atoms with Gasteiger partial charge in [0.1, 0.15) is 5.75 Å². The summed E-state index contributed by atoms with van der Waals surface area (Å²) >= 11 is 0. The predicted molar refractivity (Wildman–Crippen MR) is 76.2 cm³/mol. The summed E-state index contributed by atoms with van der Waals surface area (Å²) in [4.78, 5) is 0. The molecule has 1 aliphatic rings. The molecule has 100 valence electrons. The van der Waals surface area contributed by atoms with Crippen molar-refractivity contribution in [3.05, 3.63) is 28.8 Å². The Bertz CT molecular complexity index is 406. The summed E-state index contributed by atoms with van der Waals surface area (Å²) in [5.74, 6) is 1.59. The number of phenolic OH excluding ortho intramolecular Hbond substituents is 1. The minimum atomic E-state index is 0.383. The first kappa shape index (κ1) is 13.4. The Balaban J connectivity index is 2.22. The Hall–Kier alpha value is -1.02. The maximum Gasteiger partial charge on any atom is 0.122 e. The second-order valence-corrected chi connectivity index (χ2v) is 5.87. The van der Waals surface area contributed by atoms with E-state index in [1.807, 2.05) is 0 Å². The summed E-state index contributed by atoms with van der Waals surface area (Å²) < 4.78 is 0. The summed E-state index contributed by atoms with van der Waals surface area (Å²) in [6, 6.07) is 4.22. The highest BCUT2D eigenvalue weighted by molar-refractivity contribution is 5.46. The molecule has 1 unspecified atom stereocenters. The molecule has 2 N–H and O–H groups in total. The quantitative estimate of drug-likeness (QED) is 0.858. The molecule has 0 bridgehead atoms. The number of nitrogens with one attached hydrogen (secondary N) is 1. The molecular weight excluding hydrogens is 222 g/mol. The zero-order chi connectivity index (χ0) is 13.1. The first-order valence-electron chi connectivity index (χ1n) is 7.11. The number of hydrogen-bond acceptors (Lipinski definition) is 2. The number of rotatable bonds is 3. The van der Waals surface area contributed by atoms with Crippen LogP contribution in [0.4, 0.5) is 0 Å². The van der Waals surface area contributed by atoms with E-state index >= 15 is 0 Å². The van der Waals surface area contributed by atoms with E-state index in [1.54, 1.807) is 0 Å². The highest BCUT2D eigenvalue weighted by atomic mass is 16.3. The van der Waals surface area contributed by atoms with E-state index in [9.17, 15) is 5.11 Å². The van der Waals surface area contributed by atoms with Gasteiger partial charge in [-0.25, -0.2) is 0 Å². The van der Waals surface area contributed by atoms with Crippen LogP contribution in [0.3, 0.4) is 0 Å². The lowest BCUT2D eigenvalue weighted by Crippen LogP contribution is -2.31. The third-order valence-electron chi connectivity index (χ3n) is 4.06. The van der Waals surface area contributed by atoms with Crippen molar-refractivity contribution in [3.63, 3.8) is 0 Å². The minimum Gasteiger partial charge on any atom is -0.507 e. The Morgan fingerprint density at radius 3 is 2.78 bits per heavy atom. The second kappa shape index (κ2) is 5.75. The van der Waals surface area contributed by atoms with Gasteiger partial charge in [0.25, 0.3) is 0 Å². The lowest BCUT2D eigenvalue weighted by atomic mass is 9.87. The van der Waals surface area contributed by atoms with Crippen molar-refractivity contribution in [1.29, 1.82) is 0 Å². The molecule has 2 heteroatoms. The molecule has 2 nitrogen and oxygen atoms in total. The van der Waals surface area contributed by atoms with Crippen LogP contribution >= 0.6 is 0 Å². The third-order valence-corrected chi connectivity index (χ3v) is 4.06. The van der Waals surface area contributed by atoms with Crippen molar-refractivity contribution in [1.82, 2.24) is 5.32 Å². The molecule has 1 aromatic carbocycles. The molecule has 1 aromatic rings. The summed E-state index contributed by atoms with van der Waals surface area (Å²) in [7, 11) is 0. The van der Waals surface area contributed by atoms with Crippen molar-refractivity contribution in [2.45, 2.75) is 46.0 Å². The maximum absolute atomic E-state index is 10.5. The van der Waals surface area contributed by atoms with Crippen molar-refractivity contribution < 1.29 is 5.11 Å². The fourth-order valence-electron chi connectivity index (χ4n) is 2.87. The van der Waals surface area contributed by atoms with Crippen LogP contribution < -0.4 is 5.32 Å². The first-order valence-corrected chi connectivity index (χ1v) is 7.11. The fourth-order valence-corrected chi connectivity index (χ4v) is 2.87. The molecule has 18 heavy (non-hydrogen) atoms. The number of hydrogen-bond donors (Lipinski definition) is 2. The number of aryl methyl sites for hydroxylation is 1. The summed E-state index contributed by atoms with van der Waals surface area (Å²) in [6.45, 7) is 8.61. The van der Waals surface area contributed by atoms with E-state index in [-0.39, 0.29) is 0 Å². The van der Waals surface area contributed by atoms with E-state index in [4.69, 9.17) is 0 Å². The molecule has 0 amide bonds. The van der Waals surface area contributed by atoms with Gasteiger partial charge in [-0.1, -0.05) is 26.0 Å². The zero-order valence-electron chi connectivity index (χ0n) is 11.8. The van der Waals surface area contributed by atoms with Crippen LogP contribution in [0.5, 0.6) is 5.75 Å². The molecule has 0 radical (unpaired) electrons. The molecular formula is C16H25NO. The van der Waals surface area contributed by atoms with E-state index in [2.05, 4.69) is 38.2 Å². The number of benzene rings is 1. The van der Waals surface area contributed by atoms with Crippen molar-refractivity contribution >= 4 is 0 Å². The SMILES string of the molecule is Cc1ccc(C(C)C)c(O)c1CC1CCCNC1. The maximum atomic E-state index is 10.5. The summed E-state index contributed by atoms with van der Waals surface area (Å²) in [5, 5.41) is 13.9. The first-order chi connectivity index (χ1) is 8.59. The van der Waals surface area contributed by atoms with Crippen LogP contribution in [-0.4, -0.2) is 18.2 Å². The van der Waals surface area contributed by atoms with Gasteiger partial charge in [0, 0.05) is 0 Å². The Kier molecular flexibility index (Phi) is 4.28. The molecule has 0 aromatic heterocycles. The van der Waals surface area contributed by atoms with Gasteiger partial charge in [-0.05, 0) is 67.8 Å². The lowest BCUT2D eigenvalue weighted by molar-refractivity contribution is 0.368. The number of phenols is 1. The van der Waals surface area contributed by atoms with Crippen LogP contribution in [0.25, 0.3) is 0 Å². The Morgan fingerprint density at radius 2 is 2.17 bits per heavy atom. The van der Waals surface area contributed by atoms with Crippen LogP contribution in [0.1, 0.15) is 49.3 Å². The zero-order valence-corrected chi connectivity index (χ0v) is 11.8. The lowest BCUT2D eigenvalue weighted by Gasteiger charge is -2.24. The average molecular weight is 247 g/mol. The van der Waals surface area contributed by atoms with E-state index < -0.39 is 0 Å². The van der Waals surface area contributed by atoms with E-state index in [1.165, 1.54) is 18.4 Å². The summed E-state index contributed by atoms with van der Waals surface area (Å²) in [5.41, 5.74) is 3.47. The Morgan fingerprint density at radius 1 is 1.39 bits per heavy atom. The van der Waals surface area contributed by atoms with Gasteiger partial charge in [-0.3, -0.25) is 0 Å². The van der Waals surface area contributed by atoms with E-state index in [0.29, 0.717) is 17.6 Å².